The first-order chi connectivity index (χ1) is 7.68. The molecule has 17 heavy (non-hydrogen) atoms. The molecule has 0 amide bonds. The van der Waals surface area contributed by atoms with Gasteiger partial charge < -0.3 is 10.2 Å². The summed E-state index contributed by atoms with van der Waals surface area (Å²) >= 11 is 0. The fraction of sp³-hybridized carbons (Fsp3) is 0.500. The zero-order valence-corrected chi connectivity index (χ0v) is 10.3. The molecule has 2 rings (SSSR count). The Balaban J connectivity index is 0.00000144. The lowest BCUT2D eigenvalue weighted by Crippen LogP contribution is -2.50. The molecule has 0 spiro atoms. The average Bonchev–Trinajstić information content (AvgIpc) is 2.30. The molecule has 1 saturated heterocycles. The molecule has 1 aromatic rings. The molecule has 94 valence electrons. The lowest BCUT2D eigenvalue weighted by molar-refractivity contribution is -0.385. The zero-order chi connectivity index (χ0) is 11.5. The first-order valence-electron chi connectivity index (χ1n) is 5.26. The van der Waals surface area contributed by atoms with Crippen molar-refractivity contribution in [2.24, 2.45) is 0 Å². The van der Waals surface area contributed by atoms with Gasteiger partial charge in [-0.1, -0.05) is 0 Å². The van der Waals surface area contributed by atoms with E-state index >= 15 is 0 Å². The monoisotopic (exact) mass is 258 g/mol. The number of nitro groups is 1. The van der Waals surface area contributed by atoms with Gasteiger partial charge in [-0.2, -0.15) is 0 Å². The van der Waals surface area contributed by atoms with E-state index < -0.39 is 4.92 Å². The summed E-state index contributed by atoms with van der Waals surface area (Å²) in [5.74, 6) is 0.805. The van der Waals surface area contributed by atoms with E-state index in [1.54, 1.807) is 6.07 Å². The minimum atomic E-state index is -0.433. The van der Waals surface area contributed by atoms with Gasteiger partial charge in [0.05, 0.1) is 4.92 Å². The molecule has 0 bridgehead atoms. The Hall–Kier alpha value is -1.40. The highest BCUT2D eigenvalue weighted by Crippen LogP contribution is 2.18. The summed E-state index contributed by atoms with van der Waals surface area (Å²) in [6.45, 7) is 4.82. The number of hydrogen-bond donors (Lipinski definition) is 1. The van der Waals surface area contributed by atoms with E-state index in [2.05, 4.69) is 22.1 Å². The summed E-state index contributed by atoms with van der Waals surface area (Å²) in [6.07, 6.45) is 1.31. The summed E-state index contributed by atoms with van der Waals surface area (Å²) < 4.78 is 0. The molecule has 1 atom stereocenters. The number of nitrogens with zero attached hydrogens (tertiary/aromatic N) is 3. The van der Waals surface area contributed by atoms with Crippen molar-refractivity contribution in [1.29, 1.82) is 0 Å². The van der Waals surface area contributed by atoms with E-state index in [-0.39, 0.29) is 18.1 Å². The van der Waals surface area contributed by atoms with E-state index in [9.17, 15) is 10.1 Å². The van der Waals surface area contributed by atoms with Crippen molar-refractivity contribution in [2.75, 3.05) is 24.5 Å². The number of hydrogen-bond acceptors (Lipinski definition) is 5. The number of nitrogens with one attached hydrogen (secondary N) is 1. The zero-order valence-electron chi connectivity index (χ0n) is 9.50. The maximum absolute atomic E-state index is 10.5. The smallest absolute Gasteiger partial charge is 0.287 e. The molecular weight excluding hydrogens is 244 g/mol. The predicted octanol–water partition coefficient (Wildman–Crippen LogP) is 1.21. The van der Waals surface area contributed by atoms with Crippen LogP contribution in [-0.2, 0) is 0 Å². The second-order valence-electron chi connectivity index (χ2n) is 3.88. The Morgan fingerprint density at radius 1 is 1.59 bits per heavy atom. The maximum Gasteiger partial charge on any atom is 0.287 e. The SMILES string of the molecule is CC1CNCCN1c1ccc([N+](=O)[O-])cn1.Cl. The summed E-state index contributed by atoms with van der Waals surface area (Å²) in [4.78, 5) is 16.3. The van der Waals surface area contributed by atoms with E-state index in [1.165, 1.54) is 12.3 Å². The van der Waals surface area contributed by atoms with Gasteiger partial charge in [-0.25, -0.2) is 4.98 Å². The Morgan fingerprint density at radius 2 is 2.35 bits per heavy atom. The van der Waals surface area contributed by atoms with E-state index in [0.717, 1.165) is 25.5 Å². The maximum atomic E-state index is 10.5. The molecule has 6 nitrogen and oxygen atoms in total. The Bertz CT molecular complexity index is 384. The van der Waals surface area contributed by atoms with Crippen molar-refractivity contribution in [3.63, 3.8) is 0 Å². The van der Waals surface area contributed by atoms with Crippen LogP contribution in [0.4, 0.5) is 11.5 Å². The molecule has 0 saturated carbocycles. The first-order valence-corrected chi connectivity index (χ1v) is 5.26. The van der Waals surface area contributed by atoms with Gasteiger partial charge in [0.1, 0.15) is 12.0 Å². The highest BCUT2D eigenvalue weighted by Gasteiger charge is 2.19. The standard InChI is InChI=1S/C10H14N4O2.ClH/c1-8-6-11-4-5-13(8)10-3-2-9(7-12-10)14(15)16;/h2-3,7-8,11H,4-6H2,1H3;1H. The van der Waals surface area contributed by atoms with Crippen LogP contribution >= 0.6 is 12.4 Å². The number of halogens is 1. The predicted molar refractivity (Wildman–Crippen MR) is 67.8 cm³/mol. The molecule has 1 unspecified atom stereocenters. The summed E-state index contributed by atoms with van der Waals surface area (Å²) in [5, 5.41) is 13.8. The largest absolute Gasteiger partial charge is 0.351 e. The van der Waals surface area contributed by atoms with Crippen LogP contribution in [-0.4, -0.2) is 35.6 Å². The molecule has 2 heterocycles. The van der Waals surface area contributed by atoms with Crippen molar-refractivity contribution < 1.29 is 4.92 Å². The first kappa shape index (κ1) is 13.7. The van der Waals surface area contributed by atoms with E-state index in [4.69, 9.17) is 0 Å². The van der Waals surface area contributed by atoms with Crippen molar-refractivity contribution in [3.05, 3.63) is 28.4 Å². The van der Waals surface area contributed by atoms with Crippen LogP contribution in [0.25, 0.3) is 0 Å². The van der Waals surface area contributed by atoms with Gasteiger partial charge in [0.15, 0.2) is 0 Å². The lowest BCUT2D eigenvalue weighted by Gasteiger charge is -2.34. The third-order valence-electron chi connectivity index (χ3n) is 2.74. The van der Waals surface area contributed by atoms with Crippen molar-refractivity contribution in [1.82, 2.24) is 10.3 Å². The molecule has 0 aromatic carbocycles. The van der Waals surface area contributed by atoms with Crippen LogP contribution in [0.15, 0.2) is 18.3 Å². The molecule has 7 heteroatoms. The number of piperazine rings is 1. The fourth-order valence-corrected chi connectivity index (χ4v) is 1.84. The highest BCUT2D eigenvalue weighted by molar-refractivity contribution is 5.85. The number of pyridine rings is 1. The van der Waals surface area contributed by atoms with Crippen LogP contribution in [0.2, 0.25) is 0 Å². The minimum Gasteiger partial charge on any atom is -0.351 e. The summed E-state index contributed by atoms with van der Waals surface area (Å²) in [5.41, 5.74) is 0.0338. The molecule has 1 aliphatic rings. The van der Waals surface area contributed by atoms with Crippen LogP contribution in [0.3, 0.4) is 0 Å². The molecule has 1 aliphatic heterocycles. The van der Waals surface area contributed by atoms with Gasteiger partial charge in [-0.15, -0.1) is 12.4 Å². The lowest BCUT2D eigenvalue weighted by atomic mass is 10.2. The van der Waals surface area contributed by atoms with Crippen molar-refractivity contribution in [3.8, 4) is 0 Å². The van der Waals surface area contributed by atoms with Gasteiger partial charge in [-0.3, -0.25) is 10.1 Å². The molecule has 1 fully saturated rings. The third kappa shape index (κ3) is 3.04. The summed E-state index contributed by atoms with van der Waals surface area (Å²) in [7, 11) is 0. The van der Waals surface area contributed by atoms with Gasteiger partial charge >= 0.3 is 0 Å². The number of anilines is 1. The minimum absolute atomic E-state index is 0. The quantitative estimate of drug-likeness (QED) is 0.638. The molecule has 1 N–H and O–H groups in total. The van der Waals surface area contributed by atoms with Gasteiger partial charge in [0.25, 0.3) is 5.69 Å². The van der Waals surface area contributed by atoms with Crippen molar-refractivity contribution >= 4 is 23.9 Å². The molecule has 1 aromatic heterocycles. The average molecular weight is 259 g/mol. The molecule has 0 aliphatic carbocycles. The van der Waals surface area contributed by atoms with Crippen LogP contribution in [0.5, 0.6) is 0 Å². The number of rotatable bonds is 2. The topological polar surface area (TPSA) is 71.3 Å². The Kier molecular flexibility index (Phi) is 4.65. The highest BCUT2D eigenvalue weighted by atomic mass is 35.5. The van der Waals surface area contributed by atoms with E-state index in [1.807, 2.05) is 0 Å². The Morgan fingerprint density at radius 3 is 2.88 bits per heavy atom. The fourth-order valence-electron chi connectivity index (χ4n) is 1.84. The second kappa shape index (κ2) is 5.79. The van der Waals surface area contributed by atoms with Crippen LogP contribution in [0, 0.1) is 10.1 Å². The van der Waals surface area contributed by atoms with Crippen molar-refractivity contribution in [2.45, 2.75) is 13.0 Å². The Labute approximate surface area is 106 Å². The van der Waals surface area contributed by atoms with Gasteiger partial charge in [-0.05, 0) is 13.0 Å². The number of aromatic nitrogens is 1. The van der Waals surface area contributed by atoms with Gasteiger partial charge in [0.2, 0.25) is 0 Å². The van der Waals surface area contributed by atoms with E-state index in [0.29, 0.717) is 6.04 Å². The molecule has 0 radical (unpaired) electrons. The van der Waals surface area contributed by atoms with Gasteiger partial charge in [0, 0.05) is 31.7 Å². The second-order valence-corrected chi connectivity index (χ2v) is 3.88. The van der Waals surface area contributed by atoms with Crippen LogP contribution in [0.1, 0.15) is 6.92 Å². The normalized spacial score (nSPS) is 19.6. The summed E-state index contributed by atoms with van der Waals surface area (Å²) in [6, 6.07) is 3.57. The van der Waals surface area contributed by atoms with Crippen LogP contribution < -0.4 is 10.2 Å². The molecular formula is C10H15ClN4O2. The third-order valence-corrected chi connectivity index (χ3v) is 2.74.